The molecule has 1 rings (SSSR count). The first-order valence-electron chi connectivity index (χ1n) is 6.46. The Hall–Kier alpha value is -1.35. The Morgan fingerprint density at radius 3 is 2.83 bits per heavy atom. The molecule has 0 spiro atoms. The van der Waals surface area contributed by atoms with Gasteiger partial charge in [0, 0.05) is 12.1 Å². The van der Waals surface area contributed by atoms with Gasteiger partial charge >= 0.3 is 0 Å². The molecule has 1 amide bonds. The molecule has 1 unspecified atom stereocenters. The summed E-state index contributed by atoms with van der Waals surface area (Å²) < 4.78 is 0. The van der Waals surface area contributed by atoms with Gasteiger partial charge in [-0.25, -0.2) is 0 Å². The molecule has 18 heavy (non-hydrogen) atoms. The van der Waals surface area contributed by atoms with Gasteiger partial charge in [-0.3, -0.25) is 4.79 Å². The second-order valence-electron chi connectivity index (χ2n) is 4.90. The molecule has 0 saturated carbocycles. The van der Waals surface area contributed by atoms with Crippen LogP contribution in [0, 0.1) is 5.92 Å². The molecule has 3 heteroatoms. The fourth-order valence-electron chi connectivity index (χ4n) is 2.09. The average molecular weight is 249 g/mol. The minimum atomic E-state index is -0.105. The number of hydrogen-bond acceptors (Lipinski definition) is 2. The van der Waals surface area contributed by atoms with E-state index in [1.54, 1.807) is 6.92 Å². The fourth-order valence-corrected chi connectivity index (χ4v) is 2.09. The minimum Gasteiger partial charge on any atom is -0.395 e. The predicted octanol–water partition coefficient (Wildman–Crippen LogP) is 2.34. The fraction of sp³-hybridized carbons (Fsp3) is 0.533. The number of nitrogens with one attached hydrogen (secondary N) is 1. The van der Waals surface area contributed by atoms with Crippen molar-refractivity contribution in [3.8, 4) is 0 Å². The van der Waals surface area contributed by atoms with Gasteiger partial charge in [-0.2, -0.15) is 0 Å². The third-order valence-corrected chi connectivity index (χ3v) is 3.30. The van der Waals surface area contributed by atoms with Crippen LogP contribution in [0.2, 0.25) is 0 Å². The van der Waals surface area contributed by atoms with E-state index >= 15 is 0 Å². The Morgan fingerprint density at radius 2 is 2.33 bits per heavy atom. The quantitative estimate of drug-likeness (QED) is 0.580. The lowest BCUT2D eigenvalue weighted by Gasteiger charge is -2.21. The molecule has 0 aromatic rings. The van der Waals surface area contributed by atoms with Crippen LogP contribution in [0.3, 0.4) is 0 Å². The van der Waals surface area contributed by atoms with Crippen LogP contribution in [-0.2, 0) is 4.79 Å². The molecule has 3 nitrogen and oxygen atoms in total. The molecular weight excluding hydrogens is 226 g/mol. The standard InChI is InChI=1S/C15H23NO2/c1-11(2)14-6-4-13(5-7-14)10-12(3)15(18)16-8-9-17/h4,10,14,17H,1,5-9H2,2-3H3,(H,16,18)/b12-10+. The Kier molecular flexibility index (Phi) is 5.86. The second-order valence-corrected chi connectivity index (χ2v) is 4.90. The van der Waals surface area contributed by atoms with Crippen LogP contribution in [0.4, 0.5) is 0 Å². The summed E-state index contributed by atoms with van der Waals surface area (Å²) in [7, 11) is 0. The number of allylic oxidation sites excluding steroid dienone is 4. The number of aliphatic hydroxyl groups excluding tert-OH is 1. The van der Waals surface area contributed by atoms with Gasteiger partial charge in [-0.1, -0.05) is 29.9 Å². The number of aliphatic hydroxyl groups is 1. The molecule has 2 N–H and O–H groups in total. The van der Waals surface area contributed by atoms with Gasteiger partial charge in [0.05, 0.1) is 6.61 Å². The van der Waals surface area contributed by atoms with E-state index in [2.05, 4.69) is 24.9 Å². The highest BCUT2D eigenvalue weighted by Crippen LogP contribution is 2.29. The van der Waals surface area contributed by atoms with Gasteiger partial charge in [0.25, 0.3) is 0 Å². The van der Waals surface area contributed by atoms with Crippen molar-refractivity contribution in [1.29, 1.82) is 0 Å². The number of amides is 1. The first-order valence-corrected chi connectivity index (χ1v) is 6.46. The summed E-state index contributed by atoms with van der Waals surface area (Å²) in [6.45, 7) is 8.16. The molecule has 0 radical (unpaired) electrons. The van der Waals surface area contributed by atoms with Crippen LogP contribution in [0.5, 0.6) is 0 Å². The summed E-state index contributed by atoms with van der Waals surface area (Å²) in [5.41, 5.74) is 3.17. The Labute approximate surface area is 109 Å². The molecule has 0 aromatic carbocycles. The van der Waals surface area contributed by atoms with Gasteiger partial charge in [0.1, 0.15) is 0 Å². The highest BCUT2D eigenvalue weighted by atomic mass is 16.3. The molecule has 0 aromatic heterocycles. The second kappa shape index (κ2) is 7.17. The summed E-state index contributed by atoms with van der Waals surface area (Å²) in [6.07, 6.45) is 7.28. The summed E-state index contributed by atoms with van der Waals surface area (Å²) in [5.74, 6) is 0.484. The van der Waals surface area contributed by atoms with E-state index < -0.39 is 0 Å². The van der Waals surface area contributed by atoms with Crippen molar-refractivity contribution >= 4 is 5.91 Å². The Balaban J connectivity index is 2.56. The van der Waals surface area contributed by atoms with Crippen LogP contribution in [-0.4, -0.2) is 24.2 Å². The van der Waals surface area contributed by atoms with Gasteiger partial charge in [-0.15, -0.1) is 0 Å². The molecule has 1 aliphatic carbocycles. The first-order chi connectivity index (χ1) is 8.54. The molecular formula is C15H23NO2. The SMILES string of the molecule is C=C(C)C1CC=C(/C=C(\C)C(=O)NCCO)CC1. The molecule has 0 heterocycles. The largest absolute Gasteiger partial charge is 0.395 e. The number of rotatable bonds is 5. The van der Waals surface area contributed by atoms with E-state index in [4.69, 9.17) is 5.11 Å². The third kappa shape index (κ3) is 4.49. The van der Waals surface area contributed by atoms with Gasteiger partial charge < -0.3 is 10.4 Å². The highest BCUT2D eigenvalue weighted by Gasteiger charge is 2.14. The summed E-state index contributed by atoms with van der Waals surface area (Å²) in [4.78, 5) is 11.6. The van der Waals surface area contributed by atoms with Gasteiger partial charge in [0.2, 0.25) is 5.91 Å². The van der Waals surface area contributed by atoms with E-state index in [1.807, 2.05) is 6.08 Å². The molecule has 0 saturated heterocycles. The van der Waals surface area contributed by atoms with Gasteiger partial charge in [-0.05, 0) is 39.0 Å². The van der Waals surface area contributed by atoms with Crippen LogP contribution in [0.25, 0.3) is 0 Å². The number of carbonyl (C=O) groups excluding carboxylic acids is 1. The van der Waals surface area contributed by atoms with Crippen molar-refractivity contribution in [2.24, 2.45) is 5.92 Å². The smallest absolute Gasteiger partial charge is 0.247 e. The average Bonchev–Trinajstić information content (AvgIpc) is 2.36. The zero-order chi connectivity index (χ0) is 13.5. The van der Waals surface area contributed by atoms with E-state index in [1.165, 1.54) is 11.1 Å². The topological polar surface area (TPSA) is 49.3 Å². The molecule has 0 fully saturated rings. The van der Waals surface area contributed by atoms with Crippen LogP contribution < -0.4 is 5.32 Å². The Bertz CT molecular complexity index is 380. The predicted molar refractivity (Wildman–Crippen MR) is 74.1 cm³/mol. The van der Waals surface area contributed by atoms with Crippen LogP contribution in [0.1, 0.15) is 33.1 Å². The molecule has 1 atom stereocenters. The Morgan fingerprint density at radius 1 is 1.61 bits per heavy atom. The van der Waals surface area contributed by atoms with E-state index in [-0.39, 0.29) is 12.5 Å². The zero-order valence-corrected chi connectivity index (χ0v) is 11.3. The maximum Gasteiger partial charge on any atom is 0.247 e. The molecule has 100 valence electrons. The van der Waals surface area contributed by atoms with Crippen molar-refractivity contribution in [3.05, 3.63) is 35.5 Å². The number of carbonyl (C=O) groups is 1. The van der Waals surface area contributed by atoms with Crippen LogP contribution in [0.15, 0.2) is 35.5 Å². The lowest BCUT2D eigenvalue weighted by Crippen LogP contribution is -2.27. The van der Waals surface area contributed by atoms with E-state index in [0.717, 1.165) is 19.3 Å². The third-order valence-electron chi connectivity index (χ3n) is 3.30. The van der Waals surface area contributed by atoms with E-state index in [9.17, 15) is 4.79 Å². The van der Waals surface area contributed by atoms with Crippen molar-refractivity contribution in [2.45, 2.75) is 33.1 Å². The summed E-state index contributed by atoms with van der Waals surface area (Å²) in [5, 5.41) is 11.3. The lowest BCUT2D eigenvalue weighted by atomic mass is 9.85. The van der Waals surface area contributed by atoms with Crippen molar-refractivity contribution < 1.29 is 9.90 Å². The number of hydrogen-bond donors (Lipinski definition) is 2. The van der Waals surface area contributed by atoms with Crippen molar-refractivity contribution in [3.63, 3.8) is 0 Å². The van der Waals surface area contributed by atoms with Crippen LogP contribution >= 0.6 is 0 Å². The van der Waals surface area contributed by atoms with Crippen molar-refractivity contribution in [1.82, 2.24) is 5.32 Å². The summed E-state index contributed by atoms with van der Waals surface area (Å²) in [6, 6.07) is 0. The molecule has 0 aliphatic heterocycles. The van der Waals surface area contributed by atoms with E-state index in [0.29, 0.717) is 18.0 Å². The van der Waals surface area contributed by atoms with Gasteiger partial charge in [0.15, 0.2) is 0 Å². The lowest BCUT2D eigenvalue weighted by molar-refractivity contribution is -0.117. The summed E-state index contributed by atoms with van der Waals surface area (Å²) >= 11 is 0. The first kappa shape index (κ1) is 14.7. The molecule has 0 bridgehead atoms. The maximum atomic E-state index is 11.6. The van der Waals surface area contributed by atoms with Crippen molar-refractivity contribution in [2.75, 3.05) is 13.2 Å². The molecule has 1 aliphatic rings. The maximum absolute atomic E-state index is 11.6. The minimum absolute atomic E-state index is 0.0258. The monoisotopic (exact) mass is 249 g/mol. The normalized spacial score (nSPS) is 20.3. The zero-order valence-electron chi connectivity index (χ0n) is 11.3. The highest BCUT2D eigenvalue weighted by molar-refractivity contribution is 5.93.